The third-order valence-corrected chi connectivity index (χ3v) is 5.44. The molecule has 0 aromatic rings. The molecule has 1 heterocycles. The van der Waals surface area contributed by atoms with Gasteiger partial charge in [0.25, 0.3) is 0 Å². The van der Waals surface area contributed by atoms with Crippen LogP contribution in [0.4, 0.5) is 0 Å². The lowest BCUT2D eigenvalue weighted by Gasteiger charge is -2.32. The largest absolute Gasteiger partial charge is 0.337 e. The summed E-state index contributed by atoms with van der Waals surface area (Å²) in [5.41, 5.74) is -0.661. The first-order valence-corrected chi connectivity index (χ1v) is 8.18. The summed E-state index contributed by atoms with van der Waals surface area (Å²) in [6, 6.07) is 2.27. The summed E-state index contributed by atoms with van der Waals surface area (Å²) in [5, 5.41) is 12.8. The van der Waals surface area contributed by atoms with Crippen molar-refractivity contribution >= 4 is 17.7 Å². The van der Waals surface area contributed by atoms with Gasteiger partial charge in [-0.25, -0.2) is 0 Å². The molecule has 106 valence electrons. The van der Waals surface area contributed by atoms with Gasteiger partial charge < -0.3 is 5.32 Å². The zero-order valence-corrected chi connectivity index (χ0v) is 12.6. The first-order chi connectivity index (χ1) is 9.07. The molecule has 1 N–H and O–H groups in total. The van der Waals surface area contributed by atoms with E-state index in [1.165, 1.54) is 0 Å². The van der Waals surface area contributed by atoms with Gasteiger partial charge in [0.05, 0.1) is 12.6 Å². The number of carbonyl (C=O) groups is 1. The maximum Gasteiger partial charge on any atom is 0.235 e. The summed E-state index contributed by atoms with van der Waals surface area (Å²) in [7, 11) is 0. The van der Waals surface area contributed by atoms with E-state index in [2.05, 4.69) is 23.2 Å². The van der Waals surface area contributed by atoms with Crippen molar-refractivity contribution in [3.05, 3.63) is 0 Å². The van der Waals surface area contributed by atoms with Crippen molar-refractivity contribution in [2.45, 2.75) is 43.9 Å². The number of amides is 1. The number of nitrogens with zero attached hydrogens (tertiary/aromatic N) is 2. The molecule has 0 bridgehead atoms. The van der Waals surface area contributed by atoms with Gasteiger partial charge in [-0.2, -0.15) is 17.0 Å². The lowest BCUT2D eigenvalue weighted by Crippen LogP contribution is -2.51. The maximum absolute atomic E-state index is 12.1. The average molecular weight is 281 g/mol. The standard InChI is InChI=1S/C14H23N3OS/c1-3-12-8-17(6-7-19-12)9-13(18)16-14(2,10-15)11-4-5-11/h11-12H,3-9H2,1-2H3,(H,16,18)/t12-,14+/m1/s1. The van der Waals surface area contributed by atoms with Crippen LogP contribution in [0.1, 0.15) is 33.1 Å². The van der Waals surface area contributed by atoms with Gasteiger partial charge in [-0.05, 0) is 32.1 Å². The minimum Gasteiger partial charge on any atom is -0.337 e. The molecular weight excluding hydrogens is 258 g/mol. The Kier molecular flexibility index (Phi) is 4.75. The molecule has 1 saturated carbocycles. The van der Waals surface area contributed by atoms with Gasteiger partial charge in [-0.15, -0.1) is 0 Å². The van der Waals surface area contributed by atoms with E-state index in [0.29, 0.717) is 17.7 Å². The number of hydrogen-bond donors (Lipinski definition) is 1. The van der Waals surface area contributed by atoms with Gasteiger partial charge in [0.2, 0.25) is 5.91 Å². The molecule has 0 aromatic heterocycles. The fraction of sp³-hybridized carbons (Fsp3) is 0.857. The Hall–Kier alpha value is -0.730. The number of carbonyl (C=O) groups excluding carboxylic acids is 1. The Morgan fingerprint density at radius 1 is 1.58 bits per heavy atom. The average Bonchev–Trinajstić information content (AvgIpc) is 3.23. The fourth-order valence-corrected chi connectivity index (χ4v) is 3.83. The normalized spacial score (nSPS) is 27.3. The highest BCUT2D eigenvalue weighted by Crippen LogP contribution is 2.39. The van der Waals surface area contributed by atoms with E-state index in [-0.39, 0.29) is 5.91 Å². The lowest BCUT2D eigenvalue weighted by atomic mass is 9.98. The van der Waals surface area contributed by atoms with E-state index in [4.69, 9.17) is 0 Å². The molecule has 0 unspecified atom stereocenters. The van der Waals surface area contributed by atoms with Crippen molar-refractivity contribution in [1.29, 1.82) is 5.26 Å². The van der Waals surface area contributed by atoms with Crippen molar-refractivity contribution in [1.82, 2.24) is 10.2 Å². The van der Waals surface area contributed by atoms with E-state index in [1.807, 2.05) is 18.7 Å². The highest BCUT2D eigenvalue weighted by Gasteiger charge is 2.43. The van der Waals surface area contributed by atoms with Crippen molar-refractivity contribution < 1.29 is 4.79 Å². The molecule has 2 aliphatic rings. The molecule has 19 heavy (non-hydrogen) atoms. The molecular formula is C14H23N3OS. The maximum atomic E-state index is 12.1. The van der Waals surface area contributed by atoms with Crippen LogP contribution in [-0.2, 0) is 4.79 Å². The molecule has 5 heteroatoms. The van der Waals surface area contributed by atoms with Crippen LogP contribution >= 0.6 is 11.8 Å². The zero-order chi connectivity index (χ0) is 13.9. The van der Waals surface area contributed by atoms with Gasteiger partial charge in [0, 0.05) is 24.1 Å². The van der Waals surface area contributed by atoms with E-state index in [9.17, 15) is 10.1 Å². The quantitative estimate of drug-likeness (QED) is 0.832. The molecule has 0 aromatic carbocycles. The van der Waals surface area contributed by atoms with Gasteiger partial charge in [-0.3, -0.25) is 9.69 Å². The van der Waals surface area contributed by atoms with Gasteiger partial charge in [0.1, 0.15) is 5.54 Å². The van der Waals surface area contributed by atoms with Crippen molar-refractivity contribution in [3.63, 3.8) is 0 Å². The second-order valence-electron chi connectivity index (χ2n) is 5.77. The third kappa shape index (κ3) is 3.87. The smallest absolute Gasteiger partial charge is 0.235 e. The molecule has 0 radical (unpaired) electrons. The summed E-state index contributed by atoms with van der Waals surface area (Å²) in [4.78, 5) is 14.3. The van der Waals surface area contributed by atoms with Crippen molar-refractivity contribution in [2.75, 3.05) is 25.4 Å². The van der Waals surface area contributed by atoms with Crippen LogP contribution in [0.25, 0.3) is 0 Å². The van der Waals surface area contributed by atoms with Crippen molar-refractivity contribution in [3.8, 4) is 6.07 Å². The highest BCUT2D eigenvalue weighted by atomic mass is 32.2. The number of hydrogen-bond acceptors (Lipinski definition) is 4. The predicted octanol–water partition coefficient (Wildman–Crippen LogP) is 1.62. The van der Waals surface area contributed by atoms with Gasteiger partial charge in [-0.1, -0.05) is 6.92 Å². The minimum absolute atomic E-state index is 0.00213. The van der Waals surface area contributed by atoms with Crippen LogP contribution in [0, 0.1) is 17.2 Å². The number of nitriles is 1. The number of nitrogens with one attached hydrogen (secondary N) is 1. The van der Waals surface area contributed by atoms with Crippen LogP contribution in [0.5, 0.6) is 0 Å². The Bertz CT molecular complexity index is 377. The highest BCUT2D eigenvalue weighted by molar-refractivity contribution is 8.00. The van der Waals surface area contributed by atoms with Crippen LogP contribution in [0.2, 0.25) is 0 Å². The summed E-state index contributed by atoms with van der Waals surface area (Å²) < 4.78 is 0. The number of thioether (sulfide) groups is 1. The SMILES string of the molecule is CC[C@@H]1CN(CC(=O)N[C@@](C)(C#N)C2CC2)CCS1. The molecule has 1 aliphatic heterocycles. The first-order valence-electron chi connectivity index (χ1n) is 7.13. The number of rotatable bonds is 5. The Labute approximate surface area is 119 Å². The Balaban J connectivity index is 1.82. The molecule has 4 nitrogen and oxygen atoms in total. The molecule has 0 spiro atoms. The topological polar surface area (TPSA) is 56.1 Å². The van der Waals surface area contributed by atoms with Gasteiger partial charge in [0.15, 0.2) is 0 Å². The molecule has 1 amide bonds. The van der Waals surface area contributed by atoms with Crippen LogP contribution in [0.15, 0.2) is 0 Å². The van der Waals surface area contributed by atoms with Crippen LogP contribution < -0.4 is 5.32 Å². The summed E-state index contributed by atoms with van der Waals surface area (Å²) >= 11 is 2.00. The molecule has 2 rings (SSSR count). The fourth-order valence-electron chi connectivity index (χ4n) is 2.59. The van der Waals surface area contributed by atoms with Crippen molar-refractivity contribution in [2.24, 2.45) is 5.92 Å². The summed E-state index contributed by atoms with van der Waals surface area (Å²) in [5.74, 6) is 1.45. The zero-order valence-electron chi connectivity index (χ0n) is 11.8. The van der Waals surface area contributed by atoms with Crippen LogP contribution in [0.3, 0.4) is 0 Å². The van der Waals surface area contributed by atoms with E-state index in [1.54, 1.807) is 0 Å². The first kappa shape index (κ1) is 14.7. The molecule has 1 aliphatic carbocycles. The van der Waals surface area contributed by atoms with Crippen LogP contribution in [-0.4, -0.2) is 47.0 Å². The second kappa shape index (κ2) is 6.15. The summed E-state index contributed by atoms with van der Waals surface area (Å²) in [6.07, 6.45) is 3.27. The minimum atomic E-state index is -0.661. The van der Waals surface area contributed by atoms with E-state index >= 15 is 0 Å². The summed E-state index contributed by atoms with van der Waals surface area (Å²) in [6.45, 7) is 6.44. The predicted molar refractivity (Wildman–Crippen MR) is 77.9 cm³/mol. The third-order valence-electron chi connectivity index (χ3n) is 4.07. The molecule has 2 fully saturated rings. The van der Waals surface area contributed by atoms with E-state index < -0.39 is 5.54 Å². The lowest BCUT2D eigenvalue weighted by molar-refractivity contribution is -0.123. The monoisotopic (exact) mass is 281 g/mol. The molecule has 2 atom stereocenters. The second-order valence-corrected chi connectivity index (χ2v) is 7.18. The molecule has 1 saturated heterocycles. The Morgan fingerprint density at radius 3 is 2.89 bits per heavy atom. The Morgan fingerprint density at radius 2 is 2.32 bits per heavy atom. The van der Waals surface area contributed by atoms with Gasteiger partial charge >= 0.3 is 0 Å². The van der Waals surface area contributed by atoms with E-state index in [0.717, 1.165) is 38.1 Å².